The van der Waals surface area contributed by atoms with E-state index in [9.17, 15) is 0 Å². The molecule has 0 radical (unpaired) electrons. The predicted octanol–water partition coefficient (Wildman–Crippen LogP) is 4.67. The maximum absolute atomic E-state index is 6.20. The first-order chi connectivity index (χ1) is 10.1. The lowest BCUT2D eigenvalue weighted by Gasteiger charge is -2.31. The predicted molar refractivity (Wildman–Crippen MR) is 84.1 cm³/mol. The Morgan fingerprint density at radius 3 is 2.71 bits per heavy atom. The molecular weight excluding hydrogens is 260 g/mol. The molecule has 0 amide bonds. The molecule has 0 atom stereocenters. The SMILES string of the molecule is COc1ccc2c(c1)C(C)(C)c1oc3ccccc3c1C2. The van der Waals surface area contributed by atoms with E-state index >= 15 is 0 Å². The lowest BCUT2D eigenvalue weighted by Crippen LogP contribution is -2.25. The zero-order valence-electron chi connectivity index (χ0n) is 12.6. The molecule has 0 aliphatic heterocycles. The van der Waals surface area contributed by atoms with Crippen LogP contribution in [0.2, 0.25) is 0 Å². The van der Waals surface area contributed by atoms with Gasteiger partial charge >= 0.3 is 0 Å². The maximum Gasteiger partial charge on any atom is 0.134 e. The molecule has 0 saturated carbocycles. The minimum atomic E-state index is -0.142. The number of rotatable bonds is 1. The average molecular weight is 278 g/mol. The molecule has 0 saturated heterocycles. The second-order valence-electron chi connectivity index (χ2n) is 6.23. The molecule has 2 nitrogen and oxygen atoms in total. The van der Waals surface area contributed by atoms with Gasteiger partial charge in [-0.1, -0.05) is 24.3 Å². The van der Waals surface area contributed by atoms with E-state index < -0.39 is 0 Å². The molecule has 0 unspecified atom stereocenters. The molecule has 2 aromatic carbocycles. The molecule has 106 valence electrons. The molecule has 1 aliphatic rings. The number of hydrogen-bond donors (Lipinski definition) is 0. The Morgan fingerprint density at radius 2 is 1.90 bits per heavy atom. The standard InChI is InChI=1S/C19H18O2/c1-19(2)16-11-13(20-3)9-8-12(16)10-15-14-6-4-5-7-17(14)21-18(15)19/h4-9,11H,10H2,1-3H3. The Hall–Kier alpha value is -2.22. The molecule has 0 N–H and O–H groups in total. The zero-order valence-corrected chi connectivity index (χ0v) is 12.6. The van der Waals surface area contributed by atoms with Gasteiger partial charge in [0.1, 0.15) is 17.1 Å². The molecule has 1 heterocycles. The van der Waals surface area contributed by atoms with Crippen LogP contribution in [0.25, 0.3) is 11.0 Å². The van der Waals surface area contributed by atoms with E-state index in [1.165, 1.54) is 22.1 Å². The summed E-state index contributed by atoms with van der Waals surface area (Å²) in [6, 6.07) is 14.7. The fourth-order valence-corrected chi connectivity index (χ4v) is 3.51. The summed E-state index contributed by atoms with van der Waals surface area (Å²) in [4.78, 5) is 0. The quantitative estimate of drug-likeness (QED) is 0.645. The zero-order chi connectivity index (χ0) is 14.6. The van der Waals surface area contributed by atoms with Crippen molar-refractivity contribution in [2.75, 3.05) is 7.11 Å². The van der Waals surface area contributed by atoms with Gasteiger partial charge in [0.15, 0.2) is 0 Å². The summed E-state index contributed by atoms with van der Waals surface area (Å²) in [7, 11) is 1.71. The van der Waals surface area contributed by atoms with Crippen LogP contribution in [-0.2, 0) is 11.8 Å². The van der Waals surface area contributed by atoms with Crippen LogP contribution >= 0.6 is 0 Å². The fraction of sp³-hybridized carbons (Fsp3) is 0.263. The van der Waals surface area contributed by atoms with Crippen molar-refractivity contribution in [2.45, 2.75) is 25.7 Å². The molecule has 4 rings (SSSR count). The first-order valence-electron chi connectivity index (χ1n) is 7.29. The van der Waals surface area contributed by atoms with Gasteiger partial charge in [0.05, 0.1) is 7.11 Å². The molecule has 3 aromatic rings. The van der Waals surface area contributed by atoms with Crippen LogP contribution in [-0.4, -0.2) is 7.11 Å². The first-order valence-corrected chi connectivity index (χ1v) is 7.29. The highest BCUT2D eigenvalue weighted by Crippen LogP contribution is 2.46. The van der Waals surface area contributed by atoms with Crippen molar-refractivity contribution in [2.24, 2.45) is 0 Å². The summed E-state index contributed by atoms with van der Waals surface area (Å²) in [5.74, 6) is 1.99. The third-order valence-corrected chi connectivity index (χ3v) is 4.62. The number of hydrogen-bond acceptors (Lipinski definition) is 2. The summed E-state index contributed by atoms with van der Waals surface area (Å²) in [5.41, 5.74) is 4.83. The third kappa shape index (κ3) is 1.65. The Labute approximate surface area is 124 Å². The van der Waals surface area contributed by atoms with Crippen LogP contribution < -0.4 is 4.74 Å². The second-order valence-corrected chi connectivity index (χ2v) is 6.23. The molecular formula is C19H18O2. The van der Waals surface area contributed by atoms with Crippen LogP contribution in [0.3, 0.4) is 0 Å². The monoisotopic (exact) mass is 278 g/mol. The minimum Gasteiger partial charge on any atom is -0.497 e. The van der Waals surface area contributed by atoms with E-state index in [1.807, 2.05) is 12.1 Å². The van der Waals surface area contributed by atoms with Gasteiger partial charge in [0.2, 0.25) is 0 Å². The van der Waals surface area contributed by atoms with Crippen LogP contribution in [0.5, 0.6) is 5.75 Å². The molecule has 0 bridgehead atoms. The van der Waals surface area contributed by atoms with Crippen molar-refractivity contribution in [3.05, 3.63) is 64.9 Å². The van der Waals surface area contributed by atoms with Gasteiger partial charge in [-0.25, -0.2) is 0 Å². The smallest absolute Gasteiger partial charge is 0.134 e. The second kappa shape index (κ2) is 4.14. The molecule has 21 heavy (non-hydrogen) atoms. The van der Waals surface area contributed by atoms with E-state index in [2.05, 4.69) is 44.2 Å². The van der Waals surface area contributed by atoms with Gasteiger partial charge in [-0.15, -0.1) is 0 Å². The number of furan rings is 1. The van der Waals surface area contributed by atoms with E-state index in [0.29, 0.717) is 0 Å². The van der Waals surface area contributed by atoms with Crippen LogP contribution in [0, 0.1) is 0 Å². The summed E-state index contributed by atoms with van der Waals surface area (Å²) < 4.78 is 11.6. The lowest BCUT2D eigenvalue weighted by molar-refractivity contribution is 0.407. The highest BCUT2D eigenvalue weighted by molar-refractivity contribution is 5.84. The minimum absolute atomic E-state index is 0.142. The highest BCUT2D eigenvalue weighted by Gasteiger charge is 2.37. The summed E-state index contributed by atoms with van der Waals surface area (Å²) in [6.07, 6.45) is 0.926. The Balaban J connectivity index is 2.00. The first kappa shape index (κ1) is 12.5. The molecule has 0 spiro atoms. The third-order valence-electron chi connectivity index (χ3n) is 4.62. The average Bonchev–Trinajstić information content (AvgIpc) is 2.87. The summed E-state index contributed by atoms with van der Waals surface area (Å²) >= 11 is 0. The number of methoxy groups -OCH3 is 1. The normalized spacial score (nSPS) is 15.6. The van der Waals surface area contributed by atoms with Crippen molar-refractivity contribution in [3.63, 3.8) is 0 Å². The van der Waals surface area contributed by atoms with Crippen molar-refractivity contribution < 1.29 is 9.15 Å². The van der Waals surface area contributed by atoms with E-state index in [4.69, 9.17) is 9.15 Å². The van der Waals surface area contributed by atoms with Crippen molar-refractivity contribution in [1.29, 1.82) is 0 Å². The summed E-state index contributed by atoms with van der Waals surface area (Å²) in [5, 5.41) is 1.24. The Morgan fingerprint density at radius 1 is 1.10 bits per heavy atom. The van der Waals surface area contributed by atoms with Gasteiger partial charge < -0.3 is 9.15 Å². The number of benzene rings is 2. The highest BCUT2D eigenvalue weighted by atomic mass is 16.5. The van der Waals surface area contributed by atoms with Gasteiger partial charge in [0, 0.05) is 22.8 Å². The fourth-order valence-electron chi connectivity index (χ4n) is 3.51. The molecule has 2 heteroatoms. The Kier molecular flexibility index (Phi) is 2.47. The molecule has 1 aliphatic carbocycles. The van der Waals surface area contributed by atoms with Crippen LogP contribution in [0.4, 0.5) is 0 Å². The van der Waals surface area contributed by atoms with E-state index in [-0.39, 0.29) is 5.41 Å². The van der Waals surface area contributed by atoms with Crippen molar-refractivity contribution in [3.8, 4) is 5.75 Å². The van der Waals surface area contributed by atoms with Gasteiger partial charge in [-0.2, -0.15) is 0 Å². The molecule has 1 aromatic heterocycles. The van der Waals surface area contributed by atoms with Gasteiger partial charge in [-0.3, -0.25) is 0 Å². The number of para-hydroxylation sites is 1. The summed E-state index contributed by atoms with van der Waals surface area (Å²) in [6.45, 7) is 4.46. The van der Waals surface area contributed by atoms with Crippen LogP contribution in [0.1, 0.15) is 36.3 Å². The van der Waals surface area contributed by atoms with Crippen molar-refractivity contribution in [1.82, 2.24) is 0 Å². The van der Waals surface area contributed by atoms with Gasteiger partial charge in [0.25, 0.3) is 0 Å². The van der Waals surface area contributed by atoms with E-state index in [0.717, 1.165) is 23.5 Å². The Bertz CT molecular complexity index is 840. The topological polar surface area (TPSA) is 22.4 Å². The number of fused-ring (bicyclic) bond motifs is 4. The number of ether oxygens (including phenoxy) is 1. The van der Waals surface area contributed by atoms with Crippen molar-refractivity contribution >= 4 is 11.0 Å². The largest absolute Gasteiger partial charge is 0.497 e. The maximum atomic E-state index is 6.20. The van der Waals surface area contributed by atoms with Gasteiger partial charge in [-0.05, 0) is 43.2 Å². The molecule has 0 fully saturated rings. The van der Waals surface area contributed by atoms with E-state index in [1.54, 1.807) is 7.11 Å². The van der Waals surface area contributed by atoms with Crippen LogP contribution in [0.15, 0.2) is 46.9 Å². The lowest BCUT2D eigenvalue weighted by atomic mass is 9.72.